The van der Waals surface area contributed by atoms with Crippen molar-refractivity contribution in [3.8, 4) is 5.75 Å². The van der Waals surface area contributed by atoms with Gasteiger partial charge in [0.25, 0.3) is 0 Å². The zero-order chi connectivity index (χ0) is 18.6. The Morgan fingerprint density at radius 2 is 1.92 bits per heavy atom. The molecule has 3 aromatic rings. The number of hydrogen-bond donors (Lipinski definition) is 2. The first-order valence-corrected chi connectivity index (χ1v) is 8.98. The Morgan fingerprint density at radius 1 is 1.12 bits per heavy atom. The zero-order valence-electron chi connectivity index (χ0n) is 15.6. The van der Waals surface area contributed by atoms with Crippen LogP contribution >= 0.6 is 0 Å². The van der Waals surface area contributed by atoms with Crippen LogP contribution in [-0.4, -0.2) is 24.0 Å². The van der Waals surface area contributed by atoms with E-state index in [4.69, 9.17) is 4.74 Å². The number of fused-ring (bicyclic) bond motifs is 1. The Morgan fingerprint density at radius 3 is 2.73 bits per heavy atom. The van der Waals surface area contributed by atoms with Gasteiger partial charge in [0.1, 0.15) is 12.4 Å². The molecule has 1 aromatic heterocycles. The van der Waals surface area contributed by atoms with Crippen LogP contribution in [0.25, 0.3) is 10.9 Å². The van der Waals surface area contributed by atoms with E-state index >= 15 is 0 Å². The number of para-hydroxylation sites is 1. The van der Waals surface area contributed by atoms with Crippen molar-refractivity contribution in [3.05, 3.63) is 65.9 Å². The molecule has 0 aliphatic carbocycles. The number of benzene rings is 2. The molecule has 0 saturated heterocycles. The molecule has 1 heterocycles. The molecule has 0 spiro atoms. The summed E-state index contributed by atoms with van der Waals surface area (Å²) in [5, 5.41) is 4.02. The summed E-state index contributed by atoms with van der Waals surface area (Å²) in [6.45, 7) is 7.47. The molecule has 0 aliphatic rings. The number of aromatic amines is 1. The molecule has 4 nitrogen and oxygen atoms in total. The van der Waals surface area contributed by atoms with Crippen LogP contribution in [0.2, 0.25) is 0 Å². The topological polar surface area (TPSA) is 54.1 Å². The van der Waals surface area contributed by atoms with Gasteiger partial charge in [0, 0.05) is 17.1 Å². The van der Waals surface area contributed by atoms with Crippen LogP contribution in [-0.2, 0) is 16.6 Å². The van der Waals surface area contributed by atoms with Crippen molar-refractivity contribution < 1.29 is 9.53 Å². The van der Waals surface area contributed by atoms with Crippen LogP contribution in [0.1, 0.15) is 31.9 Å². The van der Waals surface area contributed by atoms with Crippen LogP contribution in [0.4, 0.5) is 0 Å². The van der Waals surface area contributed by atoms with E-state index in [9.17, 15) is 4.79 Å². The predicted octanol–water partition coefficient (Wildman–Crippen LogP) is 4.20. The van der Waals surface area contributed by atoms with Crippen LogP contribution in [0.15, 0.2) is 54.7 Å². The van der Waals surface area contributed by atoms with Crippen molar-refractivity contribution >= 4 is 16.8 Å². The Kier molecular flexibility index (Phi) is 5.31. The lowest BCUT2D eigenvalue weighted by Crippen LogP contribution is -2.29. The van der Waals surface area contributed by atoms with Gasteiger partial charge in [-0.05, 0) is 34.7 Å². The van der Waals surface area contributed by atoms with Crippen molar-refractivity contribution in [2.45, 2.75) is 32.6 Å². The second kappa shape index (κ2) is 7.65. The minimum Gasteiger partial charge on any atom is -0.492 e. The Labute approximate surface area is 154 Å². The van der Waals surface area contributed by atoms with Crippen LogP contribution in [0, 0.1) is 0 Å². The highest BCUT2D eigenvalue weighted by atomic mass is 16.5. The van der Waals surface area contributed by atoms with Crippen LogP contribution in [0.3, 0.4) is 0 Å². The smallest absolute Gasteiger partial charge is 0.224 e. The number of carbonyl (C=O) groups excluding carboxylic acids is 1. The predicted molar refractivity (Wildman–Crippen MR) is 106 cm³/mol. The van der Waals surface area contributed by atoms with E-state index in [1.807, 2.05) is 42.6 Å². The number of amides is 1. The largest absolute Gasteiger partial charge is 0.492 e. The molecule has 2 aromatic carbocycles. The van der Waals surface area contributed by atoms with Crippen LogP contribution < -0.4 is 10.1 Å². The van der Waals surface area contributed by atoms with Crippen molar-refractivity contribution in [1.29, 1.82) is 0 Å². The number of ether oxygens (including phenoxy) is 1. The summed E-state index contributed by atoms with van der Waals surface area (Å²) < 4.78 is 5.78. The zero-order valence-corrected chi connectivity index (χ0v) is 15.6. The maximum Gasteiger partial charge on any atom is 0.224 e. The van der Waals surface area contributed by atoms with E-state index in [1.165, 1.54) is 5.56 Å². The SMILES string of the molecule is CC(C)(C)c1cccc(OCCNC(=O)Cc2c[nH]c3ccccc23)c1. The second-order valence-corrected chi connectivity index (χ2v) is 7.51. The van der Waals surface area contributed by atoms with Gasteiger partial charge >= 0.3 is 0 Å². The van der Waals surface area contributed by atoms with E-state index in [0.717, 1.165) is 22.2 Å². The number of carbonyl (C=O) groups is 1. The number of aromatic nitrogens is 1. The van der Waals surface area contributed by atoms with Crippen molar-refractivity contribution in [2.24, 2.45) is 0 Å². The molecule has 3 rings (SSSR count). The van der Waals surface area contributed by atoms with Gasteiger partial charge in [-0.15, -0.1) is 0 Å². The average molecular weight is 350 g/mol. The van der Waals surface area contributed by atoms with Gasteiger partial charge in [0.05, 0.1) is 13.0 Å². The minimum atomic E-state index is 0.00166. The molecule has 0 atom stereocenters. The Balaban J connectivity index is 1.47. The number of rotatable bonds is 6. The fourth-order valence-corrected chi connectivity index (χ4v) is 2.93. The summed E-state index contributed by atoms with van der Waals surface area (Å²) >= 11 is 0. The second-order valence-electron chi connectivity index (χ2n) is 7.51. The number of H-pyrrole nitrogens is 1. The lowest BCUT2D eigenvalue weighted by molar-refractivity contribution is -0.120. The fraction of sp³-hybridized carbons (Fsp3) is 0.318. The molecule has 0 aliphatic heterocycles. The molecule has 4 heteroatoms. The fourth-order valence-electron chi connectivity index (χ4n) is 2.93. The minimum absolute atomic E-state index is 0.00166. The van der Waals surface area contributed by atoms with Gasteiger partial charge in [-0.3, -0.25) is 4.79 Å². The molecule has 0 radical (unpaired) electrons. The maximum absolute atomic E-state index is 12.2. The summed E-state index contributed by atoms with van der Waals surface area (Å²) in [7, 11) is 0. The first-order valence-electron chi connectivity index (χ1n) is 8.98. The monoisotopic (exact) mass is 350 g/mol. The maximum atomic E-state index is 12.2. The summed E-state index contributed by atoms with van der Waals surface area (Å²) in [6, 6.07) is 16.1. The first kappa shape index (κ1) is 18.1. The van der Waals surface area contributed by atoms with Gasteiger partial charge < -0.3 is 15.0 Å². The van der Waals surface area contributed by atoms with Crippen molar-refractivity contribution in [1.82, 2.24) is 10.3 Å². The third-order valence-electron chi connectivity index (χ3n) is 4.42. The van der Waals surface area contributed by atoms with Gasteiger partial charge in [-0.2, -0.15) is 0 Å². The lowest BCUT2D eigenvalue weighted by atomic mass is 9.87. The van der Waals surface area contributed by atoms with E-state index in [2.05, 4.69) is 43.2 Å². The molecule has 1 amide bonds. The third kappa shape index (κ3) is 4.45. The summed E-state index contributed by atoms with van der Waals surface area (Å²) in [5.41, 5.74) is 3.39. The van der Waals surface area contributed by atoms with E-state index < -0.39 is 0 Å². The number of nitrogens with one attached hydrogen (secondary N) is 2. The molecule has 136 valence electrons. The molecule has 0 saturated carbocycles. The highest BCUT2D eigenvalue weighted by molar-refractivity contribution is 5.88. The third-order valence-corrected chi connectivity index (χ3v) is 4.42. The molecule has 2 N–H and O–H groups in total. The summed E-state index contributed by atoms with van der Waals surface area (Å²) in [5.74, 6) is 0.838. The molecule has 26 heavy (non-hydrogen) atoms. The average Bonchev–Trinajstić information content (AvgIpc) is 3.01. The van der Waals surface area contributed by atoms with Gasteiger partial charge in [0.15, 0.2) is 0 Å². The molecular formula is C22H26N2O2. The summed E-state index contributed by atoms with van der Waals surface area (Å²) in [4.78, 5) is 15.4. The first-order chi connectivity index (χ1) is 12.4. The highest BCUT2D eigenvalue weighted by Crippen LogP contribution is 2.25. The molecule has 0 bridgehead atoms. The van der Waals surface area contributed by atoms with E-state index in [-0.39, 0.29) is 11.3 Å². The quantitative estimate of drug-likeness (QED) is 0.655. The Hall–Kier alpha value is -2.75. The van der Waals surface area contributed by atoms with Crippen molar-refractivity contribution in [3.63, 3.8) is 0 Å². The summed E-state index contributed by atoms with van der Waals surface area (Å²) in [6.07, 6.45) is 2.27. The number of hydrogen-bond acceptors (Lipinski definition) is 2. The highest BCUT2D eigenvalue weighted by Gasteiger charge is 2.14. The van der Waals surface area contributed by atoms with Gasteiger partial charge in [0.2, 0.25) is 5.91 Å². The van der Waals surface area contributed by atoms with E-state index in [0.29, 0.717) is 19.6 Å². The van der Waals surface area contributed by atoms with Gasteiger partial charge in [-0.25, -0.2) is 0 Å². The van der Waals surface area contributed by atoms with Crippen molar-refractivity contribution in [2.75, 3.05) is 13.2 Å². The van der Waals surface area contributed by atoms with Crippen LogP contribution in [0.5, 0.6) is 5.75 Å². The molecule has 0 fully saturated rings. The normalized spacial score (nSPS) is 11.5. The molecular weight excluding hydrogens is 324 g/mol. The Bertz CT molecular complexity index is 890. The standard InChI is InChI=1S/C22H26N2O2/c1-22(2,3)17-7-6-8-18(14-17)26-12-11-23-21(25)13-16-15-24-20-10-5-4-9-19(16)20/h4-10,14-15,24H,11-13H2,1-3H3,(H,23,25). The molecule has 0 unspecified atom stereocenters. The lowest BCUT2D eigenvalue weighted by Gasteiger charge is -2.19. The van der Waals surface area contributed by atoms with E-state index in [1.54, 1.807) is 0 Å². The van der Waals surface area contributed by atoms with Gasteiger partial charge in [-0.1, -0.05) is 51.1 Å².